The molecule has 3 heterocycles. The van der Waals surface area contributed by atoms with Crippen LogP contribution in [0, 0.1) is 0 Å². The summed E-state index contributed by atoms with van der Waals surface area (Å²) >= 11 is 0. The molecule has 0 bridgehead atoms. The van der Waals surface area contributed by atoms with Gasteiger partial charge in [0.15, 0.2) is 23.0 Å². The van der Waals surface area contributed by atoms with Crippen molar-refractivity contribution in [2.45, 2.75) is 12.8 Å². The average Bonchev–Trinajstić information content (AvgIpc) is 3.54. The average molecular weight is 479 g/mol. The van der Waals surface area contributed by atoms with Crippen LogP contribution in [0.2, 0.25) is 0 Å². The van der Waals surface area contributed by atoms with Crippen LogP contribution in [0.5, 0.6) is 23.0 Å². The number of aromatic nitrogens is 2. The third kappa shape index (κ3) is 4.58. The molecule has 12 nitrogen and oxygen atoms in total. The number of fused-ring (bicyclic) bond motifs is 1. The van der Waals surface area contributed by atoms with Gasteiger partial charge in [0.2, 0.25) is 24.4 Å². The largest absolute Gasteiger partial charge is 0.493 e. The summed E-state index contributed by atoms with van der Waals surface area (Å²) in [7, 11) is 3.02. The molecule has 35 heavy (non-hydrogen) atoms. The van der Waals surface area contributed by atoms with Gasteiger partial charge in [-0.05, 0) is 30.3 Å². The number of amides is 2. The molecule has 1 N–H and O–H groups in total. The van der Waals surface area contributed by atoms with E-state index in [1.807, 2.05) is 0 Å². The van der Waals surface area contributed by atoms with Crippen LogP contribution in [-0.4, -0.2) is 60.2 Å². The topological polar surface area (TPSA) is 138 Å². The predicted molar refractivity (Wildman–Crippen MR) is 122 cm³/mol. The molecule has 0 unspecified atom stereocenters. The fourth-order valence-electron chi connectivity index (χ4n) is 3.62. The molecule has 2 aliphatic heterocycles. The van der Waals surface area contributed by atoms with Crippen LogP contribution in [0.4, 0.5) is 5.69 Å². The molecule has 0 fully saturated rings. The normalized spacial score (nSPS) is 14.5. The zero-order valence-corrected chi connectivity index (χ0v) is 18.9. The number of ether oxygens (including phenoxy) is 4. The van der Waals surface area contributed by atoms with E-state index in [2.05, 4.69) is 20.6 Å². The van der Waals surface area contributed by atoms with E-state index < -0.39 is 5.91 Å². The Morgan fingerprint density at radius 1 is 1.06 bits per heavy atom. The Hall–Kier alpha value is -4.61. The van der Waals surface area contributed by atoms with Gasteiger partial charge < -0.3 is 28.8 Å². The molecule has 0 spiro atoms. The maximum absolute atomic E-state index is 12.6. The van der Waals surface area contributed by atoms with E-state index in [9.17, 15) is 9.59 Å². The van der Waals surface area contributed by atoms with Gasteiger partial charge in [0.05, 0.1) is 14.2 Å². The fourth-order valence-corrected chi connectivity index (χ4v) is 3.62. The van der Waals surface area contributed by atoms with Gasteiger partial charge in [-0.3, -0.25) is 9.59 Å². The second-order valence-electron chi connectivity index (χ2n) is 7.61. The number of methoxy groups -OCH3 is 2. The monoisotopic (exact) mass is 479 g/mol. The first-order valence-corrected chi connectivity index (χ1v) is 10.7. The molecule has 12 heteroatoms. The van der Waals surface area contributed by atoms with Crippen LogP contribution in [-0.2, 0) is 9.59 Å². The highest BCUT2D eigenvalue weighted by Gasteiger charge is 2.27. The van der Waals surface area contributed by atoms with E-state index in [-0.39, 0.29) is 31.6 Å². The summed E-state index contributed by atoms with van der Waals surface area (Å²) in [5.41, 5.74) is 1.59. The lowest BCUT2D eigenvalue weighted by Gasteiger charge is -2.21. The summed E-state index contributed by atoms with van der Waals surface area (Å²) < 4.78 is 26.5. The van der Waals surface area contributed by atoms with E-state index >= 15 is 0 Å². The summed E-state index contributed by atoms with van der Waals surface area (Å²) in [6, 6.07) is 10.3. The second kappa shape index (κ2) is 9.33. The van der Waals surface area contributed by atoms with E-state index in [0.29, 0.717) is 52.2 Å². The maximum atomic E-state index is 12.6. The number of carbonyl (C=O) groups is 2. The Balaban J connectivity index is 1.29. The number of carbonyl (C=O) groups excluding carboxylic acids is 2. The fraction of sp³-hybridized carbons (Fsp3) is 0.261. The number of hydrazone groups is 1. The van der Waals surface area contributed by atoms with Gasteiger partial charge in [0.1, 0.15) is 12.3 Å². The Kier molecular flexibility index (Phi) is 5.92. The molecular formula is C23H21N5O7. The molecule has 2 aromatic carbocycles. The van der Waals surface area contributed by atoms with Crippen molar-refractivity contribution in [1.29, 1.82) is 0 Å². The smallest absolute Gasteiger partial charge is 0.274 e. The molecule has 0 radical (unpaired) electrons. The molecule has 180 valence electrons. The van der Waals surface area contributed by atoms with Gasteiger partial charge in [-0.2, -0.15) is 10.1 Å². The lowest BCUT2D eigenvalue weighted by atomic mass is 10.1. The minimum atomic E-state index is -0.429. The number of benzene rings is 2. The van der Waals surface area contributed by atoms with Gasteiger partial charge in [-0.25, -0.2) is 5.01 Å². The molecule has 0 saturated carbocycles. The zero-order chi connectivity index (χ0) is 24.4. The first-order chi connectivity index (χ1) is 17.0. The highest BCUT2D eigenvalue weighted by Crippen LogP contribution is 2.35. The number of hydrogen-bond acceptors (Lipinski definition) is 10. The van der Waals surface area contributed by atoms with Gasteiger partial charge in [-0.1, -0.05) is 5.16 Å². The van der Waals surface area contributed by atoms with Crippen LogP contribution in [0.15, 0.2) is 46.0 Å². The van der Waals surface area contributed by atoms with Crippen LogP contribution >= 0.6 is 0 Å². The lowest BCUT2D eigenvalue weighted by Crippen LogP contribution is -2.38. The van der Waals surface area contributed by atoms with Crippen molar-refractivity contribution in [3.05, 3.63) is 42.3 Å². The number of nitrogens with one attached hydrogen (secondary N) is 1. The zero-order valence-electron chi connectivity index (χ0n) is 18.9. The van der Waals surface area contributed by atoms with Crippen molar-refractivity contribution in [3.8, 4) is 34.4 Å². The van der Waals surface area contributed by atoms with Crippen LogP contribution < -0.4 is 24.3 Å². The number of nitrogens with zero attached hydrogens (tertiary/aromatic N) is 4. The van der Waals surface area contributed by atoms with Crippen molar-refractivity contribution in [3.63, 3.8) is 0 Å². The molecule has 2 amide bonds. The van der Waals surface area contributed by atoms with Crippen molar-refractivity contribution >= 4 is 23.2 Å². The van der Waals surface area contributed by atoms with Crippen molar-refractivity contribution in [2.24, 2.45) is 5.10 Å². The van der Waals surface area contributed by atoms with Crippen molar-refractivity contribution in [2.75, 3.05) is 32.9 Å². The van der Waals surface area contributed by atoms with Gasteiger partial charge >= 0.3 is 0 Å². The number of anilines is 1. The van der Waals surface area contributed by atoms with Gasteiger partial charge in [0.25, 0.3) is 5.89 Å². The maximum Gasteiger partial charge on any atom is 0.274 e. The summed E-state index contributed by atoms with van der Waals surface area (Å²) in [4.78, 5) is 29.4. The summed E-state index contributed by atoms with van der Waals surface area (Å²) in [5.74, 6) is 2.05. The van der Waals surface area contributed by atoms with E-state index in [4.69, 9.17) is 23.5 Å². The summed E-state index contributed by atoms with van der Waals surface area (Å²) in [6.07, 6.45) is 0.472. The van der Waals surface area contributed by atoms with E-state index in [1.165, 1.54) is 14.2 Å². The third-order valence-corrected chi connectivity index (χ3v) is 5.37. The molecule has 0 saturated heterocycles. The molecule has 5 rings (SSSR count). The van der Waals surface area contributed by atoms with Gasteiger partial charge in [-0.15, -0.1) is 0 Å². The summed E-state index contributed by atoms with van der Waals surface area (Å²) in [5, 5.41) is 12.1. The van der Waals surface area contributed by atoms with E-state index in [0.717, 1.165) is 5.01 Å². The predicted octanol–water partition coefficient (Wildman–Crippen LogP) is 2.45. The van der Waals surface area contributed by atoms with Crippen LogP contribution in [0.1, 0.15) is 18.7 Å². The lowest BCUT2D eigenvalue weighted by molar-refractivity contribution is -0.135. The molecule has 2 aliphatic rings. The molecular weight excluding hydrogens is 458 g/mol. The molecule has 1 aromatic heterocycles. The minimum Gasteiger partial charge on any atom is -0.493 e. The van der Waals surface area contributed by atoms with Crippen molar-refractivity contribution in [1.82, 2.24) is 15.1 Å². The highest BCUT2D eigenvalue weighted by atomic mass is 16.7. The highest BCUT2D eigenvalue weighted by molar-refractivity contribution is 6.02. The minimum absolute atomic E-state index is 0.157. The number of rotatable bonds is 7. The Morgan fingerprint density at radius 3 is 2.71 bits per heavy atom. The first kappa shape index (κ1) is 22.2. The van der Waals surface area contributed by atoms with Crippen LogP contribution in [0.25, 0.3) is 11.4 Å². The Labute approximate surface area is 199 Å². The van der Waals surface area contributed by atoms with Crippen molar-refractivity contribution < 1.29 is 33.1 Å². The van der Waals surface area contributed by atoms with Gasteiger partial charge in [0, 0.05) is 30.2 Å². The van der Waals surface area contributed by atoms with Crippen LogP contribution in [0.3, 0.4) is 0 Å². The SMILES string of the molecule is COc1ccc(NC(=O)CN2N=C(c3nc(-c4ccc5c(c4)OCO5)no3)CCC2=O)cc1OC. The van der Waals surface area contributed by atoms with E-state index in [1.54, 1.807) is 36.4 Å². The number of hydrogen-bond donors (Lipinski definition) is 1. The summed E-state index contributed by atoms with van der Waals surface area (Å²) in [6.45, 7) is -0.115. The first-order valence-electron chi connectivity index (χ1n) is 10.7. The quantitative estimate of drug-likeness (QED) is 0.541. The molecule has 0 aliphatic carbocycles. The molecule has 0 atom stereocenters. The Morgan fingerprint density at radius 2 is 1.89 bits per heavy atom. The third-order valence-electron chi connectivity index (χ3n) is 5.37. The Bertz CT molecular complexity index is 1320. The second-order valence-corrected chi connectivity index (χ2v) is 7.61. The molecule has 3 aromatic rings. The standard InChI is InChI=1S/C23H21N5O7/c1-31-16-7-4-14(10-18(16)32-2)24-20(29)11-28-21(30)8-5-15(26-28)23-25-22(27-35-23)13-3-6-17-19(9-13)34-12-33-17/h3-4,6-7,9-10H,5,8,11-12H2,1-2H3,(H,24,29).